The molecule has 0 aliphatic heterocycles. The zero-order valence-corrected chi connectivity index (χ0v) is 21.6. The van der Waals surface area contributed by atoms with Crippen molar-refractivity contribution < 1.29 is 9.21 Å². The van der Waals surface area contributed by atoms with Crippen molar-refractivity contribution in [3.8, 4) is 17.1 Å². The normalized spacial score (nSPS) is 12.3. The summed E-state index contributed by atoms with van der Waals surface area (Å²) in [6.07, 6.45) is 5.02. The molecule has 0 unspecified atom stereocenters. The lowest BCUT2D eigenvalue weighted by molar-refractivity contribution is -0.118. The van der Waals surface area contributed by atoms with E-state index in [0.29, 0.717) is 5.16 Å². The van der Waals surface area contributed by atoms with Gasteiger partial charge >= 0.3 is 0 Å². The van der Waals surface area contributed by atoms with E-state index in [0.717, 1.165) is 28.4 Å². The highest BCUT2D eigenvalue weighted by Crippen LogP contribution is 2.30. The van der Waals surface area contributed by atoms with Gasteiger partial charge in [-0.05, 0) is 53.8 Å². The van der Waals surface area contributed by atoms with Gasteiger partial charge in [-0.3, -0.25) is 9.36 Å². The van der Waals surface area contributed by atoms with Crippen molar-refractivity contribution in [2.45, 2.75) is 38.3 Å². The van der Waals surface area contributed by atoms with Crippen molar-refractivity contribution in [3.63, 3.8) is 0 Å². The van der Waals surface area contributed by atoms with E-state index in [1.165, 1.54) is 17.3 Å². The number of hydrogen-bond donors (Lipinski definition) is 1. The Morgan fingerprint density at radius 3 is 2.47 bits per heavy atom. The molecule has 0 saturated carbocycles. The summed E-state index contributed by atoms with van der Waals surface area (Å²) in [7, 11) is 0. The first kappa shape index (κ1) is 25.2. The average molecular weight is 500 g/mol. The molecule has 4 aromatic rings. The molecule has 0 bridgehead atoms. The van der Waals surface area contributed by atoms with Gasteiger partial charge in [-0.1, -0.05) is 75.0 Å². The minimum atomic E-state index is -0.235. The number of carbonyl (C=O) groups excluding carboxylic acids is 1. The minimum Gasteiger partial charge on any atom is -0.465 e. The number of hydrazone groups is 1. The highest BCUT2D eigenvalue weighted by atomic mass is 32.2. The lowest BCUT2D eigenvalue weighted by Crippen LogP contribution is -2.20. The Balaban J connectivity index is 1.49. The third kappa shape index (κ3) is 6.40. The molecular weight excluding hydrogens is 470 g/mol. The molecule has 0 saturated heterocycles. The zero-order chi connectivity index (χ0) is 25.5. The van der Waals surface area contributed by atoms with Gasteiger partial charge in [-0.2, -0.15) is 5.10 Å². The van der Waals surface area contributed by atoms with E-state index in [4.69, 9.17) is 4.42 Å². The Morgan fingerprint density at radius 1 is 1.06 bits per heavy atom. The first-order valence-electron chi connectivity index (χ1n) is 11.6. The number of thioether (sulfide) groups is 1. The number of aromatic nitrogens is 3. The topological polar surface area (TPSA) is 85.3 Å². The summed E-state index contributed by atoms with van der Waals surface area (Å²) in [6, 6.07) is 22.0. The van der Waals surface area contributed by atoms with Crippen molar-refractivity contribution >= 4 is 30.0 Å². The van der Waals surface area contributed by atoms with E-state index in [2.05, 4.69) is 65.8 Å². The zero-order valence-electron chi connectivity index (χ0n) is 20.8. The van der Waals surface area contributed by atoms with E-state index in [-0.39, 0.29) is 17.1 Å². The Morgan fingerprint density at radius 2 is 1.81 bits per heavy atom. The monoisotopic (exact) mass is 499 g/mol. The number of nitrogens with zero attached hydrogens (tertiary/aromatic N) is 4. The van der Waals surface area contributed by atoms with Gasteiger partial charge < -0.3 is 4.42 Å². The van der Waals surface area contributed by atoms with Crippen molar-refractivity contribution in [1.82, 2.24) is 20.2 Å². The van der Waals surface area contributed by atoms with Crippen LogP contribution in [0.1, 0.15) is 39.0 Å². The lowest BCUT2D eigenvalue weighted by atomic mass is 9.87. The summed E-state index contributed by atoms with van der Waals surface area (Å²) in [5, 5.41) is 13.5. The van der Waals surface area contributed by atoms with E-state index >= 15 is 0 Å². The molecule has 1 N–H and O–H groups in total. The number of benzene rings is 2. The van der Waals surface area contributed by atoms with E-state index < -0.39 is 0 Å². The Kier molecular flexibility index (Phi) is 7.85. The predicted octanol–water partition coefficient (Wildman–Crippen LogP) is 6.12. The van der Waals surface area contributed by atoms with Crippen LogP contribution in [0.3, 0.4) is 0 Å². The fourth-order valence-electron chi connectivity index (χ4n) is 3.48. The third-order valence-corrected chi connectivity index (χ3v) is 6.29. The minimum absolute atomic E-state index is 0.0651. The number of para-hydroxylation sites is 1. The first-order chi connectivity index (χ1) is 17.3. The SMILES string of the molecule is CC(C=NNC(=O)CSc1nnc(-c2ccc(C(C)(C)C)cc2)n1-c1ccccc1)=Cc1ccco1. The van der Waals surface area contributed by atoms with Crippen LogP contribution in [0.15, 0.2) is 93.2 Å². The quantitative estimate of drug-likeness (QED) is 0.179. The van der Waals surface area contributed by atoms with Gasteiger partial charge in [-0.25, -0.2) is 5.43 Å². The molecule has 0 atom stereocenters. The second-order valence-electron chi connectivity index (χ2n) is 9.29. The van der Waals surface area contributed by atoms with Gasteiger partial charge in [0.1, 0.15) is 5.76 Å². The van der Waals surface area contributed by atoms with Crippen LogP contribution in [-0.4, -0.2) is 32.6 Å². The molecule has 0 radical (unpaired) electrons. The van der Waals surface area contributed by atoms with Crippen LogP contribution < -0.4 is 5.43 Å². The van der Waals surface area contributed by atoms with Gasteiger partial charge in [-0.15, -0.1) is 10.2 Å². The van der Waals surface area contributed by atoms with Gasteiger partial charge in [0.05, 0.1) is 18.2 Å². The number of carbonyl (C=O) groups is 1. The molecule has 4 rings (SSSR count). The molecular formula is C28H29N5O2S. The number of furan rings is 1. The van der Waals surface area contributed by atoms with E-state index in [9.17, 15) is 4.79 Å². The Labute approximate surface area is 215 Å². The molecule has 2 aromatic carbocycles. The van der Waals surface area contributed by atoms with Crippen molar-refractivity contribution in [1.29, 1.82) is 0 Å². The molecule has 0 aliphatic carbocycles. The number of allylic oxidation sites excluding steroid dienone is 1. The smallest absolute Gasteiger partial charge is 0.250 e. The van der Waals surface area contributed by atoms with Crippen LogP contribution in [-0.2, 0) is 10.2 Å². The second kappa shape index (κ2) is 11.2. The summed E-state index contributed by atoms with van der Waals surface area (Å²) in [6.45, 7) is 8.45. The van der Waals surface area contributed by atoms with Crippen LogP contribution >= 0.6 is 11.8 Å². The number of rotatable bonds is 8. The van der Waals surface area contributed by atoms with Crippen molar-refractivity contribution in [3.05, 3.63) is 89.9 Å². The maximum atomic E-state index is 12.4. The second-order valence-corrected chi connectivity index (χ2v) is 10.2. The van der Waals surface area contributed by atoms with E-state index in [1.807, 2.05) is 60.0 Å². The van der Waals surface area contributed by atoms with Crippen LogP contribution in [0.25, 0.3) is 23.2 Å². The van der Waals surface area contributed by atoms with Crippen molar-refractivity contribution in [2.75, 3.05) is 5.75 Å². The summed E-state index contributed by atoms with van der Waals surface area (Å²) < 4.78 is 7.25. The summed E-state index contributed by atoms with van der Waals surface area (Å²) >= 11 is 1.31. The number of nitrogens with one attached hydrogen (secondary N) is 1. The maximum absolute atomic E-state index is 12.4. The molecule has 0 spiro atoms. The summed E-state index contributed by atoms with van der Waals surface area (Å²) in [5.74, 6) is 1.36. The summed E-state index contributed by atoms with van der Waals surface area (Å²) in [5.41, 5.74) is 6.61. The molecule has 0 fully saturated rings. The van der Waals surface area contributed by atoms with Gasteiger partial charge in [0, 0.05) is 11.3 Å². The highest BCUT2D eigenvalue weighted by Gasteiger charge is 2.19. The number of amides is 1. The van der Waals surface area contributed by atoms with E-state index in [1.54, 1.807) is 12.5 Å². The van der Waals surface area contributed by atoms with Gasteiger partial charge in [0.25, 0.3) is 5.91 Å². The highest BCUT2D eigenvalue weighted by molar-refractivity contribution is 7.99. The van der Waals surface area contributed by atoms with Crippen LogP contribution in [0.2, 0.25) is 0 Å². The third-order valence-electron chi connectivity index (χ3n) is 5.36. The fourth-order valence-corrected chi connectivity index (χ4v) is 4.23. The lowest BCUT2D eigenvalue weighted by Gasteiger charge is -2.19. The van der Waals surface area contributed by atoms with Gasteiger partial charge in [0.15, 0.2) is 11.0 Å². The molecule has 2 heterocycles. The van der Waals surface area contributed by atoms with Crippen LogP contribution in [0.4, 0.5) is 0 Å². The van der Waals surface area contributed by atoms with Crippen LogP contribution in [0.5, 0.6) is 0 Å². The first-order valence-corrected chi connectivity index (χ1v) is 12.6. The Bertz CT molecular complexity index is 1350. The van der Waals surface area contributed by atoms with Gasteiger partial charge in [0.2, 0.25) is 0 Å². The summed E-state index contributed by atoms with van der Waals surface area (Å²) in [4.78, 5) is 12.4. The average Bonchev–Trinajstić information content (AvgIpc) is 3.53. The molecule has 8 heteroatoms. The maximum Gasteiger partial charge on any atom is 0.250 e. The van der Waals surface area contributed by atoms with Crippen LogP contribution in [0, 0.1) is 0 Å². The number of hydrogen-bond acceptors (Lipinski definition) is 6. The molecule has 2 aromatic heterocycles. The molecule has 1 amide bonds. The predicted molar refractivity (Wildman–Crippen MR) is 145 cm³/mol. The molecule has 0 aliphatic rings. The molecule has 36 heavy (non-hydrogen) atoms. The van der Waals surface area contributed by atoms with Crippen molar-refractivity contribution in [2.24, 2.45) is 5.10 Å². The standard InChI is InChI=1S/C28H29N5O2S/c1-20(17-24-11-8-16-35-24)18-29-30-25(34)19-36-27-32-31-26(33(27)23-9-6-5-7-10-23)21-12-14-22(15-13-21)28(2,3)4/h5-18H,19H2,1-4H3,(H,30,34). The largest absolute Gasteiger partial charge is 0.465 e. The molecule has 184 valence electrons. The Hall–Kier alpha value is -3.91. The fraction of sp³-hybridized carbons (Fsp3) is 0.214. The molecule has 7 nitrogen and oxygen atoms in total.